The largest absolute Gasteiger partial charge is 0.368 e. The highest BCUT2D eigenvalue weighted by molar-refractivity contribution is 5.90. The summed E-state index contributed by atoms with van der Waals surface area (Å²) >= 11 is 0. The van der Waals surface area contributed by atoms with Crippen LogP contribution in [0.2, 0.25) is 0 Å². The molecule has 0 unspecified atom stereocenters. The van der Waals surface area contributed by atoms with E-state index in [0.717, 1.165) is 23.1 Å². The van der Waals surface area contributed by atoms with Crippen LogP contribution >= 0.6 is 0 Å². The van der Waals surface area contributed by atoms with E-state index in [-0.39, 0.29) is 11.5 Å². The van der Waals surface area contributed by atoms with Crippen LogP contribution in [0.1, 0.15) is 24.1 Å². The molecule has 2 aromatic heterocycles. The molecule has 0 atom stereocenters. The number of aromatic nitrogens is 3. The van der Waals surface area contributed by atoms with E-state index < -0.39 is 0 Å². The fourth-order valence-corrected chi connectivity index (χ4v) is 3.39. The summed E-state index contributed by atoms with van der Waals surface area (Å²) < 4.78 is 5.40. The van der Waals surface area contributed by atoms with E-state index in [1.54, 1.807) is 6.07 Å². The quantitative estimate of drug-likeness (QED) is 0.350. The second-order valence-corrected chi connectivity index (χ2v) is 7.63. The highest BCUT2D eigenvalue weighted by Crippen LogP contribution is 2.21. The molecular weight excluding hydrogens is 406 g/mol. The number of anilines is 1. The number of aryl methyl sites for hydroxylation is 2. The minimum Gasteiger partial charge on any atom is -0.368 e. The second kappa shape index (κ2) is 9.91. The maximum Gasteiger partial charge on any atom is 0.272 e. The molecule has 164 valence electrons. The number of amides is 1. The van der Waals surface area contributed by atoms with Crippen molar-refractivity contribution < 1.29 is 9.32 Å². The molecule has 8 heteroatoms. The van der Waals surface area contributed by atoms with Crippen LogP contribution < -0.4 is 16.2 Å². The number of aromatic amines is 1. The molecule has 0 saturated heterocycles. The first-order valence-electron chi connectivity index (χ1n) is 10.6. The number of carbonyl (C=O) groups excluding carboxylic acids is 1. The molecule has 32 heavy (non-hydrogen) atoms. The van der Waals surface area contributed by atoms with E-state index in [2.05, 4.69) is 26.0 Å². The summed E-state index contributed by atoms with van der Waals surface area (Å²) in [5, 5.41) is 18.1. The lowest BCUT2D eigenvalue weighted by atomic mass is 10.1. The summed E-state index contributed by atoms with van der Waals surface area (Å²) in [4.78, 5) is 24.0. The second-order valence-electron chi connectivity index (χ2n) is 7.63. The van der Waals surface area contributed by atoms with Crippen LogP contribution in [0.4, 0.5) is 5.82 Å². The molecule has 2 aromatic carbocycles. The van der Waals surface area contributed by atoms with E-state index in [9.17, 15) is 9.59 Å². The number of benzene rings is 2. The molecule has 2 heterocycles. The van der Waals surface area contributed by atoms with Crippen LogP contribution in [0.15, 0.2) is 63.9 Å². The Morgan fingerprint density at radius 3 is 2.66 bits per heavy atom. The zero-order chi connectivity index (χ0) is 22.3. The SMILES string of the molecule is Cc1ccc(-c2cc(CCC(=O)NCCCNc3n[nH]c(=O)c4ccccc34)no2)cc1. The molecule has 0 aliphatic carbocycles. The monoisotopic (exact) mass is 431 g/mol. The van der Waals surface area contributed by atoms with Gasteiger partial charge in [-0.2, -0.15) is 5.10 Å². The van der Waals surface area contributed by atoms with Crippen molar-refractivity contribution in [2.24, 2.45) is 0 Å². The number of nitrogens with zero attached hydrogens (tertiary/aromatic N) is 2. The third-order valence-electron chi connectivity index (χ3n) is 5.17. The molecule has 8 nitrogen and oxygen atoms in total. The highest BCUT2D eigenvalue weighted by atomic mass is 16.5. The van der Waals surface area contributed by atoms with E-state index in [1.807, 2.05) is 55.5 Å². The Bertz CT molecular complexity index is 1260. The van der Waals surface area contributed by atoms with Crippen molar-refractivity contribution in [3.05, 3.63) is 76.2 Å². The van der Waals surface area contributed by atoms with Gasteiger partial charge in [-0.3, -0.25) is 9.59 Å². The van der Waals surface area contributed by atoms with Gasteiger partial charge in [0, 0.05) is 42.9 Å². The summed E-state index contributed by atoms with van der Waals surface area (Å²) in [6.45, 7) is 3.19. The van der Waals surface area contributed by atoms with E-state index >= 15 is 0 Å². The van der Waals surface area contributed by atoms with Gasteiger partial charge < -0.3 is 15.2 Å². The lowest BCUT2D eigenvalue weighted by Crippen LogP contribution is -2.26. The third kappa shape index (κ3) is 5.21. The number of hydrogen-bond acceptors (Lipinski definition) is 6. The van der Waals surface area contributed by atoms with Gasteiger partial charge in [-0.15, -0.1) is 0 Å². The topological polar surface area (TPSA) is 113 Å². The summed E-state index contributed by atoms with van der Waals surface area (Å²) in [6, 6.07) is 17.2. The zero-order valence-electron chi connectivity index (χ0n) is 17.9. The van der Waals surface area contributed by atoms with Gasteiger partial charge in [-0.25, -0.2) is 5.10 Å². The van der Waals surface area contributed by atoms with Gasteiger partial charge >= 0.3 is 0 Å². The number of nitrogens with one attached hydrogen (secondary N) is 3. The molecular formula is C24H25N5O3. The van der Waals surface area contributed by atoms with Gasteiger partial charge in [0.15, 0.2) is 11.6 Å². The molecule has 0 radical (unpaired) electrons. The maximum atomic E-state index is 12.1. The van der Waals surface area contributed by atoms with Gasteiger partial charge in [0.2, 0.25) is 5.91 Å². The van der Waals surface area contributed by atoms with Gasteiger partial charge in [-0.05, 0) is 19.4 Å². The van der Waals surface area contributed by atoms with Crippen molar-refractivity contribution in [3.8, 4) is 11.3 Å². The molecule has 0 fully saturated rings. The summed E-state index contributed by atoms with van der Waals surface area (Å²) in [5.74, 6) is 1.30. The van der Waals surface area contributed by atoms with Crippen LogP contribution in [0.3, 0.4) is 0 Å². The highest BCUT2D eigenvalue weighted by Gasteiger charge is 2.09. The fourth-order valence-electron chi connectivity index (χ4n) is 3.39. The molecule has 0 saturated carbocycles. The van der Waals surface area contributed by atoms with Crippen LogP contribution in [-0.2, 0) is 11.2 Å². The molecule has 4 rings (SSSR count). The van der Waals surface area contributed by atoms with Crippen molar-refractivity contribution in [1.29, 1.82) is 0 Å². The molecule has 4 aromatic rings. The Hall–Kier alpha value is -3.94. The lowest BCUT2D eigenvalue weighted by Gasteiger charge is -2.08. The summed E-state index contributed by atoms with van der Waals surface area (Å²) in [7, 11) is 0. The molecule has 0 spiro atoms. The Morgan fingerprint density at radius 1 is 1.06 bits per heavy atom. The predicted octanol–water partition coefficient (Wildman–Crippen LogP) is 3.44. The van der Waals surface area contributed by atoms with Crippen molar-refractivity contribution in [1.82, 2.24) is 20.7 Å². The standard InChI is InChI=1S/C24H25N5O3/c1-16-7-9-17(10-8-16)21-15-18(29-32-21)11-12-22(30)25-13-4-14-26-23-19-5-2-3-6-20(19)24(31)28-27-23/h2-3,5-10,15H,4,11-14H2,1H3,(H,25,30)(H,26,27)(H,28,31). The normalized spacial score (nSPS) is 10.9. The number of fused-ring (bicyclic) bond motifs is 1. The minimum atomic E-state index is -0.212. The predicted molar refractivity (Wildman–Crippen MR) is 123 cm³/mol. The molecule has 0 aliphatic rings. The maximum absolute atomic E-state index is 12.1. The van der Waals surface area contributed by atoms with E-state index in [0.29, 0.717) is 42.9 Å². The lowest BCUT2D eigenvalue weighted by molar-refractivity contribution is -0.121. The first-order chi connectivity index (χ1) is 15.6. The van der Waals surface area contributed by atoms with Crippen LogP contribution in [0.5, 0.6) is 0 Å². The first kappa shape index (κ1) is 21.3. The Kier molecular flexibility index (Phi) is 6.60. The number of rotatable bonds is 9. The van der Waals surface area contributed by atoms with Crippen molar-refractivity contribution in [2.45, 2.75) is 26.2 Å². The van der Waals surface area contributed by atoms with E-state index in [1.165, 1.54) is 5.56 Å². The average Bonchev–Trinajstić information content (AvgIpc) is 3.28. The number of carbonyl (C=O) groups is 1. The number of H-pyrrole nitrogens is 1. The van der Waals surface area contributed by atoms with Crippen molar-refractivity contribution in [2.75, 3.05) is 18.4 Å². The van der Waals surface area contributed by atoms with Gasteiger partial charge in [0.05, 0.1) is 11.1 Å². The molecule has 0 aliphatic heterocycles. The van der Waals surface area contributed by atoms with Crippen LogP contribution in [-0.4, -0.2) is 34.4 Å². The third-order valence-corrected chi connectivity index (χ3v) is 5.17. The Labute approximate surface area is 185 Å². The van der Waals surface area contributed by atoms with Crippen molar-refractivity contribution in [3.63, 3.8) is 0 Å². The van der Waals surface area contributed by atoms with Crippen LogP contribution in [0.25, 0.3) is 22.1 Å². The van der Waals surface area contributed by atoms with Crippen molar-refractivity contribution >= 4 is 22.5 Å². The smallest absolute Gasteiger partial charge is 0.272 e. The van der Waals surface area contributed by atoms with E-state index in [4.69, 9.17) is 4.52 Å². The van der Waals surface area contributed by atoms with Crippen LogP contribution in [0, 0.1) is 6.92 Å². The van der Waals surface area contributed by atoms with Gasteiger partial charge in [0.25, 0.3) is 5.56 Å². The first-order valence-corrected chi connectivity index (χ1v) is 10.6. The summed E-state index contributed by atoms with van der Waals surface area (Å²) in [6.07, 6.45) is 1.59. The Balaban J connectivity index is 1.18. The molecule has 0 bridgehead atoms. The summed E-state index contributed by atoms with van der Waals surface area (Å²) in [5.41, 5.74) is 2.70. The minimum absolute atomic E-state index is 0.0301. The fraction of sp³-hybridized carbons (Fsp3) is 0.250. The molecule has 1 amide bonds. The number of hydrogen-bond donors (Lipinski definition) is 3. The Morgan fingerprint density at radius 2 is 1.84 bits per heavy atom. The average molecular weight is 431 g/mol. The van der Waals surface area contributed by atoms with Gasteiger partial charge in [-0.1, -0.05) is 53.2 Å². The molecule has 3 N–H and O–H groups in total. The zero-order valence-corrected chi connectivity index (χ0v) is 17.9. The van der Waals surface area contributed by atoms with Gasteiger partial charge in [0.1, 0.15) is 0 Å².